The fourth-order valence-corrected chi connectivity index (χ4v) is 0.875. The molecule has 1 aromatic carbocycles. The summed E-state index contributed by atoms with van der Waals surface area (Å²) in [6.07, 6.45) is 0. The normalized spacial score (nSPS) is 9.75. The molecule has 0 aliphatic heterocycles. The summed E-state index contributed by atoms with van der Waals surface area (Å²) >= 11 is 0. The summed E-state index contributed by atoms with van der Waals surface area (Å²) in [6.45, 7) is 1.51. The lowest BCUT2D eigenvalue weighted by atomic mass is 10.3. The number of benzene rings is 1. The molecule has 12 heavy (non-hydrogen) atoms. The number of anilines is 1. The summed E-state index contributed by atoms with van der Waals surface area (Å²) in [7, 11) is 1.89. The van der Waals surface area contributed by atoms with Gasteiger partial charge in [-0.2, -0.15) is 0 Å². The van der Waals surface area contributed by atoms with Gasteiger partial charge in [-0.05, 0) is 19.2 Å². The maximum atomic E-state index is 5.57. The van der Waals surface area contributed by atoms with Gasteiger partial charge in [-0.15, -0.1) is 0 Å². The molecular weight excluding hydrogens is 152 g/mol. The lowest BCUT2D eigenvalue weighted by Crippen LogP contribution is -2.15. The first-order valence-corrected chi connectivity index (χ1v) is 3.96. The Kier molecular flexibility index (Phi) is 3.41. The van der Waals surface area contributed by atoms with Crippen LogP contribution in [-0.2, 0) is 0 Å². The van der Waals surface area contributed by atoms with Crippen molar-refractivity contribution in [2.45, 2.75) is 0 Å². The molecule has 3 nitrogen and oxygen atoms in total. The van der Waals surface area contributed by atoms with Crippen molar-refractivity contribution in [2.24, 2.45) is 0 Å². The number of hydrogen-bond donors (Lipinski definition) is 2. The van der Waals surface area contributed by atoms with Crippen LogP contribution >= 0.6 is 0 Å². The molecule has 0 unspecified atom stereocenters. The third-order valence-electron chi connectivity index (χ3n) is 1.48. The van der Waals surface area contributed by atoms with E-state index in [4.69, 9.17) is 10.5 Å². The molecule has 0 saturated heterocycles. The van der Waals surface area contributed by atoms with Gasteiger partial charge in [-0.1, -0.05) is 6.07 Å². The fourth-order valence-electron chi connectivity index (χ4n) is 0.875. The van der Waals surface area contributed by atoms with Crippen LogP contribution in [0.5, 0.6) is 5.75 Å². The van der Waals surface area contributed by atoms with Gasteiger partial charge in [0.15, 0.2) is 0 Å². The zero-order valence-electron chi connectivity index (χ0n) is 7.21. The van der Waals surface area contributed by atoms with Crippen molar-refractivity contribution in [2.75, 3.05) is 25.9 Å². The van der Waals surface area contributed by atoms with Gasteiger partial charge < -0.3 is 15.8 Å². The van der Waals surface area contributed by atoms with Crippen molar-refractivity contribution in [3.63, 3.8) is 0 Å². The minimum Gasteiger partial charge on any atom is -0.492 e. The summed E-state index contributed by atoms with van der Waals surface area (Å²) in [5.41, 5.74) is 6.30. The molecule has 0 aliphatic carbocycles. The van der Waals surface area contributed by atoms with Gasteiger partial charge in [0.25, 0.3) is 0 Å². The van der Waals surface area contributed by atoms with Gasteiger partial charge in [-0.3, -0.25) is 0 Å². The van der Waals surface area contributed by atoms with E-state index in [9.17, 15) is 0 Å². The summed E-state index contributed by atoms with van der Waals surface area (Å²) in [4.78, 5) is 0. The summed E-state index contributed by atoms with van der Waals surface area (Å²) in [5.74, 6) is 0.824. The maximum absolute atomic E-state index is 5.57. The molecule has 3 N–H and O–H groups in total. The minimum absolute atomic E-state index is 0.667. The Bertz CT molecular complexity index is 238. The SMILES string of the molecule is CNCCOc1cccc(N)c1. The first kappa shape index (κ1) is 8.87. The topological polar surface area (TPSA) is 47.3 Å². The smallest absolute Gasteiger partial charge is 0.121 e. The minimum atomic E-state index is 0.667. The van der Waals surface area contributed by atoms with Crippen LogP contribution in [0.2, 0.25) is 0 Å². The molecule has 0 radical (unpaired) electrons. The van der Waals surface area contributed by atoms with Crippen LogP contribution in [0, 0.1) is 0 Å². The van der Waals surface area contributed by atoms with Crippen LogP contribution < -0.4 is 15.8 Å². The first-order chi connectivity index (χ1) is 5.83. The van der Waals surface area contributed by atoms with Crippen LogP contribution in [-0.4, -0.2) is 20.2 Å². The number of nitrogen functional groups attached to an aromatic ring is 1. The highest BCUT2D eigenvalue weighted by atomic mass is 16.5. The van der Waals surface area contributed by atoms with Crippen LogP contribution in [0.15, 0.2) is 24.3 Å². The standard InChI is InChI=1S/C9H14N2O/c1-11-5-6-12-9-4-2-3-8(10)7-9/h2-4,7,11H,5-6,10H2,1H3. The molecule has 0 amide bonds. The average Bonchev–Trinajstić information content (AvgIpc) is 2.05. The van der Waals surface area contributed by atoms with Crippen molar-refractivity contribution in [1.29, 1.82) is 0 Å². The quantitative estimate of drug-likeness (QED) is 0.515. The highest BCUT2D eigenvalue weighted by Crippen LogP contribution is 2.13. The molecule has 0 fully saturated rings. The number of nitrogens with one attached hydrogen (secondary N) is 1. The fraction of sp³-hybridized carbons (Fsp3) is 0.333. The van der Waals surface area contributed by atoms with Crippen LogP contribution in [0.1, 0.15) is 0 Å². The molecule has 0 heterocycles. The van der Waals surface area contributed by atoms with E-state index in [1.807, 2.05) is 31.3 Å². The maximum Gasteiger partial charge on any atom is 0.121 e. The number of likely N-dealkylation sites (N-methyl/N-ethyl adjacent to an activating group) is 1. The third kappa shape index (κ3) is 2.80. The van der Waals surface area contributed by atoms with Gasteiger partial charge in [0.2, 0.25) is 0 Å². The molecular formula is C9H14N2O. The Morgan fingerprint density at radius 3 is 3.00 bits per heavy atom. The Balaban J connectivity index is 2.41. The largest absolute Gasteiger partial charge is 0.492 e. The predicted octanol–water partition coefficient (Wildman–Crippen LogP) is 0.867. The molecule has 3 heteroatoms. The number of nitrogens with two attached hydrogens (primary N) is 1. The van der Waals surface area contributed by atoms with Crippen molar-refractivity contribution < 1.29 is 4.74 Å². The second-order valence-electron chi connectivity index (χ2n) is 2.52. The molecule has 0 spiro atoms. The summed E-state index contributed by atoms with van der Waals surface area (Å²) in [5, 5.41) is 3.00. The van der Waals surface area contributed by atoms with E-state index in [0.29, 0.717) is 6.61 Å². The summed E-state index contributed by atoms with van der Waals surface area (Å²) in [6, 6.07) is 7.43. The van der Waals surface area contributed by atoms with Gasteiger partial charge >= 0.3 is 0 Å². The molecule has 1 rings (SSSR count). The van der Waals surface area contributed by atoms with E-state index in [1.54, 1.807) is 0 Å². The Labute approximate surface area is 72.5 Å². The van der Waals surface area contributed by atoms with Crippen LogP contribution in [0.3, 0.4) is 0 Å². The Hall–Kier alpha value is -1.22. The first-order valence-electron chi connectivity index (χ1n) is 3.96. The number of ether oxygens (including phenoxy) is 1. The zero-order valence-corrected chi connectivity index (χ0v) is 7.21. The summed E-state index contributed by atoms with van der Waals surface area (Å²) < 4.78 is 5.38. The van der Waals surface area contributed by atoms with Crippen molar-refractivity contribution in [3.8, 4) is 5.75 Å². The predicted molar refractivity (Wildman–Crippen MR) is 50.3 cm³/mol. The average molecular weight is 166 g/mol. The highest BCUT2D eigenvalue weighted by molar-refractivity contribution is 5.43. The molecule has 0 atom stereocenters. The molecule has 0 bridgehead atoms. The van der Waals surface area contributed by atoms with Gasteiger partial charge in [-0.25, -0.2) is 0 Å². The monoisotopic (exact) mass is 166 g/mol. The highest BCUT2D eigenvalue weighted by Gasteiger charge is 1.92. The third-order valence-corrected chi connectivity index (χ3v) is 1.48. The lowest BCUT2D eigenvalue weighted by Gasteiger charge is -2.05. The van der Waals surface area contributed by atoms with Crippen molar-refractivity contribution in [1.82, 2.24) is 5.32 Å². The number of hydrogen-bond acceptors (Lipinski definition) is 3. The molecule has 0 aromatic heterocycles. The van der Waals surface area contributed by atoms with E-state index in [1.165, 1.54) is 0 Å². The Morgan fingerprint density at radius 1 is 1.50 bits per heavy atom. The zero-order chi connectivity index (χ0) is 8.81. The molecule has 66 valence electrons. The molecule has 1 aromatic rings. The van der Waals surface area contributed by atoms with E-state index in [0.717, 1.165) is 18.0 Å². The van der Waals surface area contributed by atoms with Gasteiger partial charge in [0, 0.05) is 18.3 Å². The van der Waals surface area contributed by atoms with E-state index in [-0.39, 0.29) is 0 Å². The van der Waals surface area contributed by atoms with Gasteiger partial charge in [0.05, 0.1) is 0 Å². The lowest BCUT2D eigenvalue weighted by molar-refractivity contribution is 0.318. The van der Waals surface area contributed by atoms with Crippen molar-refractivity contribution in [3.05, 3.63) is 24.3 Å². The van der Waals surface area contributed by atoms with Crippen molar-refractivity contribution >= 4 is 5.69 Å². The molecule has 0 aliphatic rings. The van der Waals surface area contributed by atoms with Crippen LogP contribution in [0.4, 0.5) is 5.69 Å². The number of rotatable bonds is 4. The van der Waals surface area contributed by atoms with Crippen LogP contribution in [0.25, 0.3) is 0 Å². The van der Waals surface area contributed by atoms with E-state index >= 15 is 0 Å². The second-order valence-corrected chi connectivity index (χ2v) is 2.52. The Morgan fingerprint density at radius 2 is 2.33 bits per heavy atom. The van der Waals surface area contributed by atoms with Gasteiger partial charge in [0.1, 0.15) is 12.4 Å². The second kappa shape index (κ2) is 4.62. The molecule has 0 saturated carbocycles. The van der Waals surface area contributed by atoms with E-state index in [2.05, 4.69) is 5.32 Å². The van der Waals surface area contributed by atoms with E-state index < -0.39 is 0 Å².